The van der Waals surface area contributed by atoms with Crippen LogP contribution in [-0.2, 0) is 110 Å². The highest BCUT2D eigenvalue weighted by atomic mass is 32.1. The molecular formula is C80H115N23O22S2. The molecular weight excluding hydrogens is 1700 g/mol. The van der Waals surface area contributed by atoms with E-state index in [1.165, 1.54) is 38.1 Å². The third-order valence-corrected chi connectivity index (χ3v) is 20.3. The molecule has 31 N–H and O–H groups in total. The number of hydrogen-bond donors (Lipinski definition) is 28. The van der Waals surface area contributed by atoms with Gasteiger partial charge in [0, 0.05) is 97.8 Å². The minimum atomic E-state index is -1.88. The van der Waals surface area contributed by atoms with Crippen molar-refractivity contribution in [2.75, 3.05) is 50.9 Å². The minimum Gasteiger partial charge on any atom is -0.508 e. The summed E-state index contributed by atoms with van der Waals surface area (Å²) < 4.78 is 5.27. The van der Waals surface area contributed by atoms with E-state index in [0.29, 0.717) is 57.9 Å². The van der Waals surface area contributed by atoms with E-state index in [1.807, 2.05) is 0 Å². The first-order valence-electron chi connectivity index (χ1n) is 40.6. The number of nitrogens with one attached hydrogen (secondary N) is 18. The lowest BCUT2D eigenvalue weighted by atomic mass is 9.99. The van der Waals surface area contributed by atoms with Crippen molar-refractivity contribution in [1.29, 1.82) is 5.41 Å². The molecule has 47 heteroatoms. The predicted octanol–water partition coefficient (Wildman–Crippen LogP) is -6.75. The number of ether oxygens (including phenoxy) is 1. The Morgan fingerprint density at radius 1 is 0.457 bits per heavy atom. The van der Waals surface area contributed by atoms with E-state index in [4.69, 9.17) is 38.8 Å². The number of aliphatic hydroxyl groups excluding tert-OH is 1. The molecule has 13 atom stereocenters. The summed E-state index contributed by atoms with van der Waals surface area (Å²) in [5, 5.41) is 77.2. The van der Waals surface area contributed by atoms with Gasteiger partial charge >= 0.3 is 5.97 Å². The fourth-order valence-corrected chi connectivity index (χ4v) is 13.4. The Morgan fingerprint density at radius 2 is 0.906 bits per heavy atom. The maximum absolute atomic E-state index is 15.3. The predicted molar refractivity (Wildman–Crippen MR) is 466 cm³/mol. The third kappa shape index (κ3) is 36.2. The lowest BCUT2D eigenvalue weighted by molar-refractivity contribution is -0.139. The third-order valence-electron chi connectivity index (χ3n) is 19.6. The molecule has 17 amide bonds. The molecule has 0 aliphatic rings. The molecule has 0 spiro atoms. The van der Waals surface area contributed by atoms with Crippen LogP contribution in [0, 0.1) is 11.3 Å². The number of amides is 17. The number of unbranched alkanes of at least 4 members (excludes halogenated alkanes) is 1. The van der Waals surface area contributed by atoms with Crippen LogP contribution in [0.3, 0.4) is 0 Å². The summed E-state index contributed by atoms with van der Waals surface area (Å²) in [6.45, 7) is 3.90. The van der Waals surface area contributed by atoms with Gasteiger partial charge in [-0.25, -0.2) is 0 Å². The number of carboxylic acid groups (broad SMARTS) is 1. The number of aliphatic hydroxyl groups is 1. The van der Waals surface area contributed by atoms with Crippen LogP contribution < -0.4 is 108 Å². The number of hydrogen-bond acceptors (Lipinski definition) is 25. The number of aromatic hydroxyl groups is 1. The lowest BCUT2D eigenvalue weighted by Crippen LogP contribution is -2.63. The number of benzene rings is 3. The Morgan fingerprint density at radius 3 is 1.40 bits per heavy atom. The van der Waals surface area contributed by atoms with Gasteiger partial charge < -0.3 is 138 Å². The maximum Gasteiger partial charge on any atom is 0.303 e. The van der Waals surface area contributed by atoms with Crippen molar-refractivity contribution in [3.63, 3.8) is 0 Å². The summed E-state index contributed by atoms with van der Waals surface area (Å²) in [5.41, 5.74) is 29.7. The highest BCUT2D eigenvalue weighted by Crippen LogP contribution is 2.23. The van der Waals surface area contributed by atoms with E-state index < -0.39 is 254 Å². The lowest BCUT2D eigenvalue weighted by Gasteiger charge is -2.29. The number of phenols is 1. The fraction of sp³-hybridized carbons (Fsp3) is 0.487. The SMILES string of the molecule is CC(=O)N[C@@H](CS)C(=O)N[C@@H](CCC(N)=O)C(=O)N[C@H](C(=O)N[C@@H](Cc1c[nH]c2ccccc12)C(=O)N[C@H](C(=O)N[C@@H](CS)C(=O)N[C@@H](Cc1ccc(O)cc1)C(=O)N[C@@H](Cc1c[nH]c2ccccc12)C(=O)N[C@@H](CCCNC(=N)N)C(=O)N[C@@H](CCC(=O)O)C(=O)N[C@@H](CC(N)=O)C(=O)NCC(=O)NCCOCC(=O)N[C@H](CCCCN)C(N)=O)C(C)C)[C@@H](C)O. The second-order valence-corrected chi connectivity index (χ2v) is 30.8. The highest BCUT2D eigenvalue weighted by Gasteiger charge is 2.39. The zero-order chi connectivity index (χ0) is 94.1. The van der Waals surface area contributed by atoms with Crippen molar-refractivity contribution < 1.29 is 106 Å². The van der Waals surface area contributed by atoms with Crippen LogP contribution in [0.1, 0.15) is 109 Å². The van der Waals surface area contributed by atoms with Gasteiger partial charge in [0.25, 0.3) is 0 Å². The number of aromatic amines is 2. The van der Waals surface area contributed by atoms with Crippen LogP contribution in [0.5, 0.6) is 5.75 Å². The van der Waals surface area contributed by atoms with Gasteiger partial charge in [0.2, 0.25) is 100 Å². The van der Waals surface area contributed by atoms with E-state index in [0.717, 1.165) is 13.8 Å². The number of H-pyrrole nitrogens is 2. The second-order valence-electron chi connectivity index (χ2n) is 30.1. The zero-order valence-electron chi connectivity index (χ0n) is 70.4. The molecule has 0 unspecified atom stereocenters. The molecule has 3 aromatic carbocycles. The molecule has 694 valence electrons. The first-order valence-corrected chi connectivity index (χ1v) is 41.8. The minimum absolute atomic E-state index is 0.0685. The monoisotopic (exact) mass is 1810 g/mol. The van der Waals surface area contributed by atoms with Crippen molar-refractivity contribution in [2.45, 2.75) is 190 Å². The number of aliphatic carboxylic acids is 1. The standard InChI is InChI=1S/C80H115N23O22S2/c1-40(2)66(102-75(120)57(32-45-35-90-50-15-8-6-13-48(45)50)100-79(124)67(41(3)104)103-72(117)53(22-24-61(82)107)96-76(121)59(38-126)92-42(4)105)78(123)101-60(39-127)77(122)97-55(30-43-18-20-46(106)21-19-43)73(118)98-56(31-44-34-89-49-14-7-5-12-47(44)49)74(119)94-52(17-11-27-88-80(85)86)70(115)95-54(23-25-65(111)112)71(116)99-58(33-62(83)108)69(114)91-36-63(109)87-28-29-125-37-64(110)93-51(68(84)113)16-9-10-26-81/h5-8,12-15,18-21,34-35,40-41,51-60,66-67,89-90,104,106,126-127H,9-11,16-17,22-33,36-39,81H2,1-4H3,(H2,82,107)(H2,83,108)(H2,84,113)(H,87,109)(H,91,114)(H,92,105)(H,93,110)(H,94,119)(H,95,115)(H,96,121)(H,97,122)(H,98,118)(H,99,116)(H,100,124)(H,101,123)(H,102,120)(H,103,117)(H,111,112)(H4,85,86,88)/t41-,51-,52+,53+,54+,55+,56+,57+,58+,59+,60+,66+,67+/m1/s1. The Kier molecular flexibility index (Phi) is 43.8. The van der Waals surface area contributed by atoms with Crippen molar-refractivity contribution in [2.24, 2.45) is 34.6 Å². The van der Waals surface area contributed by atoms with Gasteiger partial charge in [0.1, 0.15) is 84.9 Å². The normalized spacial score (nSPS) is 14.2. The number of nitrogens with two attached hydrogens (primary N) is 5. The van der Waals surface area contributed by atoms with Crippen LogP contribution in [-0.4, -0.2) is 267 Å². The summed E-state index contributed by atoms with van der Waals surface area (Å²) in [4.78, 5) is 251. The van der Waals surface area contributed by atoms with Crippen LogP contribution in [0.4, 0.5) is 0 Å². The molecule has 0 fully saturated rings. The van der Waals surface area contributed by atoms with Gasteiger partial charge in [-0.1, -0.05) is 62.4 Å². The van der Waals surface area contributed by atoms with Gasteiger partial charge in [0.15, 0.2) is 5.96 Å². The number of fused-ring (bicyclic) bond motifs is 2. The number of thiol groups is 2. The summed E-state index contributed by atoms with van der Waals surface area (Å²) in [7, 11) is 0. The average Bonchev–Trinajstić information content (AvgIpc) is 1.69. The van der Waals surface area contributed by atoms with E-state index >= 15 is 9.59 Å². The van der Waals surface area contributed by atoms with E-state index in [2.05, 4.69) is 115 Å². The number of para-hydroxylation sites is 2. The van der Waals surface area contributed by atoms with Crippen molar-refractivity contribution >= 4 is 159 Å². The molecule has 0 aliphatic carbocycles. The largest absolute Gasteiger partial charge is 0.508 e. The quantitative estimate of drug-likeness (QED) is 0.00745. The number of guanidine groups is 1. The number of primary amides is 3. The van der Waals surface area contributed by atoms with Gasteiger partial charge in [-0.05, 0) is 105 Å². The molecule has 45 nitrogen and oxygen atoms in total. The Bertz CT molecular complexity index is 4680. The summed E-state index contributed by atoms with van der Waals surface area (Å²) >= 11 is 8.50. The van der Waals surface area contributed by atoms with Gasteiger partial charge in [-0.15, -0.1) is 0 Å². The Balaban J connectivity index is 1.42. The number of carbonyl (C=O) groups excluding carboxylic acids is 17. The molecule has 127 heavy (non-hydrogen) atoms. The van der Waals surface area contributed by atoms with Crippen LogP contribution in [0.2, 0.25) is 0 Å². The van der Waals surface area contributed by atoms with Crippen molar-refractivity contribution in [1.82, 2.24) is 89.7 Å². The molecule has 2 aromatic heterocycles. The van der Waals surface area contributed by atoms with Gasteiger partial charge in [0.05, 0.1) is 25.7 Å². The van der Waals surface area contributed by atoms with Crippen LogP contribution >= 0.6 is 25.3 Å². The number of aromatic nitrogens is 2. The smallest absolute Gasteiger partial charge is 0.303 e. The molecule has 0 saturated carbocycles. The van der Waals surface area contributed by atoms with E-state index in [9.17, 15) is 92.0 Å². The molecule has 0 radical (unpaired) electrons. The second kappa shape index (κ2) is 53.2. The van der Waals surface area contributed by atoms with Crippen molar-refractivity contribution in [3.05, 3.63) is 102 Å². The Hall–Kier alpha value is -13.1. The van der Waals surface area contributed by atoms with Gasteiger partial charge in [-0.2, -0.15) is 25.3 Å². The van der Waals surface area contributed by atoms with Crippen LogP contribution in [0.25, 0.3) is 21.8 Å². The molecule has 5 rings (SSSR count). The first-order chi connectivity index (χ1) is 60.2. The van der Waals surface area contributed by atoms with Gasteiger partial charge in [-0.3, -0.25) is 91.7 Å². The number of carboxylic acids is 1. The average molecular weight is 1820 g/mol. The number of carbonyl (C=O) groups is 18. The number of phenolic OH excluding ortho intramolecular Hbond substituents is 1. The molecule has 5 aromatic rings. The van der Waals surface area contributed by atoms with E-state index in [1.54, 1.807) is 60.9 Å². The summed E-state index contributed by atoms with van der Waals surface area (Å²) in [5.74, 6) is -20.5. The molecule has 0 aliphatic heterocycles. The molecule has 2 heterocycles. The first kappa shape index (κ1) is 104. The molecule has 0 bridgehead atoms. The summed E-state index contributed by atoms with van der Waals surface area (Å²) in [6, 6.07) is -0.320. The maximum atomic E-state index is 15.3. The van der Waals surface area contributed by atoms with Crippen molar-refractivity contribution in [3.8, 4) is 5.75 Å². The Labute approximate surface area is 740 Å². The zero-order valence-corrected chi connectivity index (χ0v) is 72.2. The van der Waals surface area contributed by atoms with Crippen LogP contribution in [0.15, 0.2) is 85.2 Å². The number of rotatable bonds is 57. The van der Waals surface area contributed by atoms with E-state index in [-0.39, 0.29) is 63.3 Å². The molecule has 0 saturated heterocycles. The topological polar surface area (TPSA) is 743 Å². The summed E-state index contributed by atoms with van der Waals surface area (Å²) in [6.07, 6.45) is -2.02. The fourth-order valence-electron chi connectivity index (χ4n) is 12.9. The highest BCUT2D eigenvalue weighted by molar-refractivity contribution is 7.80.